The molecule has 1 saturated carbocycles. The molecule has 1 fully saturated rings. The molecule has 1 aromatic heterocycles. The summed E-state index contributed by atoms with van der Waals surface area (Å²) in [6, 6.07) is 4.83. The van der Waals surface area contributed by atoms with E-state index in [1.54, 1.807) is 16.8 Å². The molecule has 19 heavy (non-hydrogen) atoms. The molecular weight excluding hydrogens is 246 g/mol. The molecule has 0 unspecified atom stereocenters. The average molecular weight is 261 g/mol. The molecule has 0 radical (unpaired) electrons. The van der Waals surface area contributed by atoms with Gasteiger partial charge in [-0.2, -0.15) is 0 Å². The maximum absolute atomic E-state index is 10.9. The summed E-state index contributed by atoms with van der Waals surface area (Å²) in [5.41, 5.74) is 1.66. The number of aromatic nitrogens is 3. The number of carboxylic acids is 1. The highest BCUT2D eigenvalue weighted by atomic mass is 16.5. The third-order valence-corrected chi connectivity index (χ3v) is 3.26. The Morgan fingerprint density at radius 2 is 2.32 bits per heavy atom. The number of aromatic carboxylic acids is 1. The van der Waals surface area contributed by atoms with Crippen LogP contribution in [0.25, 0.3) is 11.0 Å². The van der Waals surface area contributed by atoms with Gasteiger partial charge in [0.1, 0.15) is 5.52 Å². The summed E-state index contributed by atoms with van der Waals surface area (Å²) in [4.78, 5) is 10.9. The maximum Gasteiger partial charge on any atom is 0.335 e. The lowest BCUT2D eigenvalue weighted by Gasteiger charge is -2.04. The number of hydrogen-bond acceptors (Lipinski definition) is 4. The minimum atomic E-state index is -0.954. The maximum atomic E-state index is 10.9. The molecular formula is C13H15N3O3. The molecule has 1 aliphatic carbocycles. The third-order valence-electron chi connectivity index (χ3n) is 3.26. The van der Waals surface area contributed by atoms with Gasteiger partial charge in [0.25, 0.3) is 0 Å². The van der Waals surface area contributed by atoms with Crippen LogP contribution in [0.15, 0.2) is 18.2 Å². The molecule has 0 amide bonds. The van der Waals surface area contributed by atoms with Crippen molar-refractivity contribution in [3.8, 4) is 0 Å². The van der Waals surface area contributed by atoms with Gasteiger partial charge < -0.3 is 9.84 Å². The Morgan fingerprint density at radius 3 is 3.05 bits per heavy atom. The summed E-state index contributed by atoms with van der Waals surface area (Å²) < 4.78 is 7.30. The number of fused-ring (bicyclic) bond motifs is 1. The third kappa shape index (κ3) is 2.73. The van der Waals surface area contributed by atoms with E-state index >= 15 is 0 Å². The predicted octanol–water partition coefficient (Wildman–Crippen LogP) is 1.56. The van der Waals surface area contributed by atoms with Crippen LogP contribution in [0.3, 0.4) is 0 Å². The predicted molar refractivity (Wildman–Crippen MR) is 68.0 cm³/mol. The van der Waals surface area contributed by atoms with Crippen LogP contribution in [0, 0.1) is 5.92 Å². The van der Waals surface area contributed by atoms with Crippen molar-refractivity contribution in [3.05, 3.63) is 23.8 Å². The first-order valence-corrected chi connectivity index (χ1v) is 6.38. The topological polar surface area (TPSA) is 77.2 Å². The molecule has 0 saturated heterocycles. The van der Waals surface area contributed by atoms with Crippen LogP contribution in [0.2, 0.25) is 0 Å². The number of benzene rings is 1. The van der Waals surface area contributed by atoms with Crippen LogP contribution < -0.4 is 0 Å². The van der Waals surface area contributed by atoms with E-state index < -0.39 is 5.97 Å². The van der Waals surface area contributed by atoms with Gasteiger partial charge in [-0.1, -0.05) is 5.21 Å². The van der Waals surface area contributed by atoms with Crippen molar-refractivity contribution in [2.45, 2.75) is 19.4 Å². The van der Waals surface area contributed by atoms with E-state index in [9.17, 15) is 4.79 Å². The van der Waals surface area contributed by atoms with Crippen molar-refractivity contribution in [3.63, 3.8) is 0 Å². The lowest BCUT2D eigenvalue weighted by molar-refractivity contribution is 0.0697. The molecule has 6 heteroatoms. The summed E-state index contributed by atoms with van der Waals surface area (Å²) in [5, 5.41) is 16.9. The molecule has 1 aromatic carbocycles. The largest absolute Gasteiger partial charge is 0.478 e. The number of hydrogen-bond donors (Lipinski definition) is 1. The van der Waals surface area contributed by atoms with Crippen molar-refractivity contribution in [2.75, 3.05) is 13.2 Å². The van der Waals surface area contributed by atoms with Gasteiger partial charge in [0.2, 0.25) is 0 Å². The lowest BCUT2D eigenvalue weighted by atomic mass is 10.2. The fraction of sp³-hybridized carbons (Fsp3) is 0.462. The van der Waals surface area contributed by atoms with E-state index in [1.165, 1.54) is 18.9 Å². The molecule has 2 aromatic rings. The molecule has 3 rings (SSSR count). The van der Waals surface area contributed by atoms with Gasteiger partial charge in [0.15, 0.2) is 0 Å². The minimum Gasteiger partial charge on any atom is -0.478 e. The molecule has 0 atom stereocenters. The van der Waals surface area contributed by atoms with Crippen LogP contribution in [0.4, 0.5) is 0 Å². The van der Waals surface area contributed by atoms with E-state index in [-0.39, 0.29) is 5.56 Å². The standard InChI is InChI=1S/C13H15N3O3/c17-13(18)10-3-4-12-11(7-10)14-15-16(12)5-6-19-8-9-1-2-9/h3-4,7,9H,1-2,5-6,8H2,(H,17,18). The first kappa shape index (κ1) is 12.1. The SMILES string of the molecule is O=C(O)c1ccc2c(c1)nnn2CCOCC1CC1. The van der Waals surface area contributed by atoms with Crippen LogP contribution in [0.1, 0.15) is 23.2 Å². The molecule has 0 aliphatic heterocycles. The summed E-state index contributed by atoms with van der Waals surface area (Å²) in [7, 11) is 0. The summed E-state index contributed by atoms with van der Waals surface area (Å²) >= 11 is 0. The zero-order chi connectivity index (χ0) is 13.2. The Labute approximate surface area is 110 Å². The van der Waals surface area contributed by atoms with Crippen LogP contribution >= 0.6 is 0 Å². The first-order valence-electron chi connectivity index (χ1n) is 6.38. The monoisotopic (exact) mass is 261 g/mol. The van der Waals surface area contributed by atoms with Crippen molar-refractivity contribution < 1.29 is 14.6 Å². The van der Waals surface area contributed by atoms with E-state index in [4.69, 9.17) is 9.84 Å². The Morgan fingerprint density at radius 1 is 1.47 bits per heavy atom. The minimum absolute atomic E-state index is 0.226. The van der Waals surface area contributed by atoms with Gasteiger partial charge in [0, 0.05) is 6.61 Å². The highest BCUT2D eigenvalue weighted by Crippen LogP contribution is 2.28. The highest BCUT2D eigenvalue weighted by molar-refractivity contribution is 5.92. The fourth-order valence-corrected chi connectivity index (χ4v) is 1.96. The quantitative estimate of drug-likeness (QED) is 0.798. The Hall–Kier alpha value is -1.95. The molecule has 1 N–H and O–H groups in total. The van der Waals surface area contributed by atoms with Crippen LogP contribution in [0.5, 0.6) is 0 Å². The van der Waals surface area contributed by atoms with E-state index in [0.29, 0.717) is 18.7 Å². The van der Waals surface area contributed by atoms with Gasteiger partial charge in [-0.15, -0.1) is 5.10 Å². The molecule has 6 nitrogen and oxygen atoms in total. The number of nitrogens with zero attached hydrogens (tertiary/aromatic N) is 3. The van der Waals surface area contributed by atoms with Gasteiger partial charge in [-0.25, -0.2) is 9.48 Å². The van der Waals surface area contributed by atoms with Crippen molar-refractivity contribution in [2.24, 2.45) is 5.92 Å². The van der Waals surface area contributed by atoms with Gasteiger partial charge in [-0.05, 0) is 37.0 Å². The lowest BCUT2D eigenvalue weighted by Crippen LogP contribution is -2.09. The van der Waals surface area contributed by atoms with Gasteiger partial charge in [0.05, 0.1) is 24.2 Å². The van der Waals surface area contributed by atoms with Crippen molar-refractivity contribution >= 4 is 17.0 Å². The molecule has 100 valence electrons. The Bertz CT molecular complexity index is 604. The highest BCUT2D eigenvalue weighted by Gasteiger charge is 2.21. The first-order chi connectivity index (χ1) is 9.24. The fourth-order valence-electron chi connectivity index (χ4n) is 1.96. The van der Waals surface area contributed by atoms with E-state index in [2.05, 4.69) is 10.3 Å². The Kier molecular flexibility index (Phi) is 3.16. The average Bonchev–Trinajstić information content (AvgIpc) is 3.14. The summed E-state index contributed by atoms with van der Waals surface area (Å²) in [6.07, 6.45) is 2.56. The molecule has 0 bridgehead atoms. The molecule has 0 spiro atoms. The second kappa shape index (κ2) is 4.97. The number of carboxylic acid groups (broad SMARTS) is 1. The zero-order valence-electron chi connectivity index (χ0n) is 10.5. The second-order valence-corrected chi connectivity index (χ2v) is 4.84. The van der Waals surface area contributed by atoms with Crippen molar-refractivity contribution in [1.29, 1.82) is 0 Å². The number of rotatable bonds is 6. The summed E-state index contributed by atoms with van der Waals surface area (Å²) in [6.45, 7) is 2.07. The Balaban J connectivity index is 1.67. The van der Waals surface area contributed by atoms with E-state index in [0.717, 1.165) is 18.0 Å². The van der Waals surface area contributed by atoms with Crippen LogP contribution in [-0.4, -0.2) is 39.3 Å². The molecule has 1 heterocycles. The smallest absolute Gasteiger partial charge is 0.335 e. The van der Waals surface area contributed by atoms with Gasteiger partial charge in [-0.3, -0.25) is 0 Å². The van der Waals surface area contributed by atoms with Crippen LogP contribution in [-0.2, 0) is 11.3 Å². The normalized spacial score (nSPS) is 14.9. The number of carbonyl (C=O) groups is 1. The summed E-state index contributed by atoms with van der Waals surface area (Å²) in [5.74, 6) is -0.199. The molecule has 1 aliphatic rings. The second-order valence-electron chi connectivity index (χ2n) is 4.84. The number of ether oxygens (including phenoxy) is 1. The van der Waals surface area contributed by atoms with Crippen molar-refractivity contribution in [1.82, 2.24) is 15.0 Å². The van der Waals surface area contributed by atoms with E-state index in [1.807, 2.05) is 0 Å². The van der Waals surface area contributed by atoms with Gasteiger partial charge >= 0.3 is 5.97 Å². The zero-order valence-corrected chi connectivity index (χ0v) is 10.5.